The van der Waals surface area contributed by atoms with Gasteiger partial charge < -0.3 is 5.11 Å². The van der Waals surface area contributed by atoms with Crippen LogP contribution in [0.25, 0.3) is 0 Å². The fraction of sp³-hybridized carbons (Fsp3) is 0.250. The molecule has 0 heterocycles. The van der Waals surface area contributed by atoms with E-state index in [1.807, 2.05) is 24.3 Å². The predicted molar refractivity (Wildman–Crippen MR) is 83.6 cm³/mol. The molecule has 1 N–H and O–H groups in total. The van der Waals surface area contributed by atoms with Crippen LogP contribution in [-0.2, 0) is 12.8 Å². The summed E-state index contributed by atoms with van der Waals surface area (Å²) < 4.78 is 1.16. The van der Waals surface area contributed by atoms with Gasteiger partial charge in [-0.15, -0.1) is 0 Å². The normalized spacial score (nSPS) is 12.4. The van der Waals surface area contributed by atoms with Crippen LogP contribution >= 0.6 is 22.6 Å². The Kier molecular flexibility index (Phi) is 4.78. The van der Waals surface area contributed by atoms with Crippen molar-refractivity contribution >= 4 is 22.6 Å². The Morgan fingerprint density at radius 1 is 1.06 bits per heavy atom. The third kappa shape index (κ3) is 3.56. The van der Waals surface area contributed by atoms with E-state index in [-0.39, 0.29) is 0 Å². The van der Waals surface area contributed by atoms with Crippen molar-refractivity contribution in [1.82, 2.24) is 0 Å². The largest absolute Gasteiger partial charge is 0.388 e. The second kappa shape index (κ2) is 6.34. The lowest BCUT2D eigenvalue weighted by atomic mass is 10.0. The number of aliphatic hydroxyl groups excluding tert-OH is 1. The number of rotatable bonds is 4. The van der Waals surface area contributed by atoms with Crippen LogP contribution in [0.3, 0.4) is 0 Å². The quantitative estimate of drug-likeness (QED) is 0.821. The number of hydrogen-bond donors (Lipinski definition) is 1. The van der Waals surface area contributed by atoms with E-state index in [1.54, 1.807) is 0 Å². The summed E-state index contributed by atoms with van der Waals surface area (Å²) in [5.74, 6) is 0. The molecular formula is C16H17IO. The summed E-state index contributed by atoms with van der Waals surface area (Å²) in [6.45, 7) is 2.15. The average molecular weight is 352 g/mol. The zero-order valence-electron chi connectivity index (χ0n) is 10.4. The molecule has 2 aromatic rings. The molecule has 0 aliphatic rings. The third-order valence-electron chi connectivity index (χ3n) is 3.09. The lowest BCUT2D eigenvalue weighted by Gasteiger charge is -2.11. The van der Waals surface area contributed by atoms with Crippen LogP contribution < -0.4 is 0 Å². The Labute approximate surface area is 122 Å². The van der Waals surface area contributed by atoms with Crippen LogP contribution in [0, 0.1) is 3.57 Å². The first-order chi connectivity index (χ1) is 8.69. The van der Waals surface area contributed by atoms with E-state index < -0.39 is 6.10 Å². The van der Waals surface area contributed by atoms with Crippen LogP contribution in [0.4, 0.5) is 0 Å². The smallest absolute Gasteiger partial charge is 0.0830 e. The highest BCUT2D eigenvalue weighted by molar-refractivity contribution is 14.1. The lowest BCUT2D eigenvalue weighted by Crippen LogP contribution is -2.02. The summed E-state index contributed by atoms with van der Waals surface area (Å²) in [7, 11) is 0. The molecule has 2 rings (SSSR count). The van der Waals surface area contributed by atoms with E-state index in [2.05, 4.69) is 53.8 Å². The maximum Gasteiger partial charge on any atom is 0.0830 e. The van der Waals surface area contributed by atoms with Crippen molar-refractivity contribution in [1.29, 1.82) is 0 Å². The van der Waals surface area contributed by atoms with E-state index in [0.29, 0.717) is 6.42 Å². The molecule has 2 heteroatoms. The van der Waals surface area contributed by atoms with Crippen molar-refractivity contribution in [3.8, 4) is 0 Å². The number of hydrogen-bond acceptors (Lipinski definition) is 1. The van der Waals surface area contributed by atoms with Gasteiger partial charge in [-0.05, 0) is 57.8 Å². The molecule has 0 aromatic heterocycles. The number of benzene rings is 2. The second-order valence-electron chi connectivity index (χ2n) is 4.44. The standard InChI is InChI=1S/C16H17IO/c1-2-12-6-8-13(9-7-12)10-16(18)14-4-3-5-15(17)11-14/h3-9,11,16,18H,2,10H2,1H3. The monoisotopic (exact) mass is 352 g/mol. The maximum atomic E-state index is 10.2. The molecule has 0 saturated heterocycles. The third-order valence-corrected chi connectivity index (χ3v) is 3.76. The van der Waals surface area contributed by atoms with Gasteiger partial charge in [-0.1, -0.05) is 43.3 Å². The zero-order valence-corrected chi connectivity index (χ0v) is 12.6. The van der Waals surface area contributed by atoms with Gasteiger partial charge in [-0.2, -0.15) is 0 Å². The fourth-order valence-electron chi connectivity index (χ4n) is 1.97. The van der Waals surface area contributed by atoms with E-state index in [0.717, 1.165) is 15.6 Å². The molecule has 0 saturated carbocycles. The van der Waals surface area contributed by atoms with Crippen molar-refractivity contribution < 1.29 is 5.11 Å². The van der Waals surface area contributed by atoms with Gasteiger partial charge in [-0.25, -0.2) is 0 Å². The Balaban J connectivity index is 2.08. The van der Waals surface area contributed by atoms with Crippen LogP contribution in [0.15, 0.2) is 48.5 Å². The van der Waals surface area contributed by atoms with Gasteiger partial charge in [0.2, 0.25) is 0 Å². The summed E-state index contributed by atoms with van der Waals surface area (Å²) >= 11 is 2.27. The summed E-state index contributed by atoms with van der Waals surface area (Å²) in [6, 6.07) is 16.5. The zero-order chi connectivity index (χ0) is 13.0. The van der Waals surface area contributed by atoms with Gasteiger partial charge in [0.15, 0.2) is 0 Å². The highest BCUT2D eigenvalue weighted by atomic mass is 127. The average Bonchev–Trinajstić information content (AvgIpc) is 2.39. The van der Waals surface area contributed by atoms with Crippen molar-refractivity contribution in [2.75, 3.05) is 0 Å². The summed E-state index contributed by atoms with van der Waals surface area (Å²) in [6.07, 6.45) is 1.30. The summed E-state index contributed by atoms with van der Waals surface area (Å²) in [4.78, 5) is 0. The van der Waals surface area contributed by atoms with E-state index in [1.165, 1.54) is 11.1 Å². The Hall–Kier alpha value is -0.870. The molecule has 1 nitrogen and oxygen atoms in total. The predicted octanol–water partition coefficient (Wildman–Crippen LogP) is 4.13. The second-order valence-corrected chi connectivity index (χ2v) is 5.69. The Morgan fingerprint density at radius 3 is 2.33 bits per heavy atom. The van der Waals surface area contributed by atoms with Crippen LogP contribution in [0.1, 0.15) is 29.7 Å². The van der Waals surface area contributed by atoms with Crippen LogP contribution in [-0.4, -0.2) is 5.11 Å². The van der Waals surface area contributed by atoms with E-state index in [9.17, 15) is 5.11 Å². The number of halogens is 1. The van der Waals surface area contributed by atoms with Gasteiger partial charge in [0.1, 0.15) is 0 Å². The molecule has 0 bridgehead atoms. The first-order valence-electron chi connectivity index (χ1n) is 6.20. The van der Waals surface area contributed by atoms with Crippen LogP contribution in [0.2, 0.25) is 0 Å². The van der Waals surface area contributed by atoms with Gasteiger partial charge in [0, 0.05) is 9.99 Å². The lowest BCUT2D eigenvalue weighted by molar-refractivity contribution is 0.178. The molecule has 94 valence electrons. The molecule has 0 amide bonds. The molecule has 18 heavy (non-hydrogen) atoms. The highest BCUT2D eigenvalue weighted by Gasteiger charge is 2.08. The minimum Gasteiger partial charge on any atom is -0.388 e. The van der Waals surface area contributed by atoms with Crippen molar-refractivity contribution in [3.63, 3.8) is 0 Å². The highest BCUT2D eigenvalue weighted by Crippen LogP contribution is 2.20. The first kappa shape index (κ1) is 13.6. The minimum absolute atomic E-state index is 0.424. The molecule has 0 fully saturated rings. The maximum absolute atomic E-state index is 10.2. The van der Waals surface area contributed by atoms with E-state index >= 15 is 0 Å². The number of aryl methyl sites for hydroxylation is 1. The van der Waals surface area contributed by atoms with Gasteiger partial charge >= 0.3 is 0 Å². The molecule has 0 aliphatic heterocycles. The molecule has 0 aliphatic carbocycles. The van der Waals surface area contributed by atoms with Crippen molar-refractivity contribution in [2.45, 2.75) is 25.9 Å². The minimum atomic E-state index is -0.424. The summed E-state index contributed by atoms with van der Waals surface area (Å²) in [5.41, 5.74) is 3.50. The van der Waals surface area contributed by atoms with Gasteiger partial charge in [-0.3, -0.25) is 0 Å². The first-order valence-corrected chi connectivity index (χ1v) is 7.28. The molecule has 0 spiro atoms. The molecule has 1 unspecified atom stereocenters. The topological polar surface area (TPSA) is 20.2 Å². The Bertz CT molecular complexity index is 505. The van der Waals surface area contributed by atoms with Crippen molar-refractivity contribution in [3.05, 3.63) is 68.8 Å². The van der Waals surface area contributed by atoms with E-state index in [4.69, 9.17) is 0 Å². The summed E-state index contributed by atoms with van der Waals surface area (Å²) in [5, 5.41) is 10.2. The molecule has 1 atom stereocenters. The van der Waals surface area contributed by atoms with Gasteiger partial charge in [0.05, 0.1) is 6.10 Å². The molecule has 0 radical (unpaired) electrons. The SMILES string of the molecule is CCc1ccc(CC(O)c2cccc(I)c2)cc1. The van der Waals surface area contributed by atoms with Crippen LogP contribution in [0.5, 0.6) is 0 Å². The number of aliphatic hydroxyl groups is 1. The van der Waals surface area contributed by atoms with Gasteiger partial charge in [0.25, 0.3) is 0 Å². The Morgan fingerprint density at radius 2 is 1.72 bits per heavy atom. The fourth-order valence-corrected chi connectivity index (χ4v) is 2.53. The van der Waals surface area contributed by atoms with Crippen molar-refractivity contribution in [2.24, 2.45) is 0 Å². The molecular weight excluding hydrogens is 335 g/mol. The molecule has 2 aromatic carbocycles.